The van der Waals surface area contributed by atoms with Crippen molar-refractivity contribution in [1.29, 1.82) is 0 Å². The zero-order valence-corrected chi connectivity index (χ0v) is 15.9. The van der Waals surface area contributed by atoms with Crippen LogP contribution in [0.25, 0.3) is 0 Å². The van der Waals surface area contributed by atoms with Crippen LogP contribution in [0.2, 0.25) is 0 Å². The van der Waals surface area contributed by atoms with Crippen molar-refractivity contribution < 1.29 is 14.7 Å². The molecule has 0 aliphatic heterocycles. The first-order valence-corrected chi connectivity index (χ1v) is 10.2. The molecule has 3 heteroatoms. The average molecular weight is 344 g/mol. The molecule has 4 aliphatic rings. The molecule has 0 heterocycles. The number of fused-ring (bicyclic) bond motifs is 5. The van der Waals surface area contributed by atoms with Gasteiger partial charge in [0.1, 0.15) is 5.78 Å². The second-order valence-electron chi connectivity index (χ2n) is 9.78. The van der Waals surface area contributed by atoms with Gasteiger partial charge in [-0.3, -0.25) is 9.59 Å². The van der Waals surface area contributed by atoms with E-state index in [2.05, 4.69) is 13.8 Å². The van der Waals surface area contributed by atoms with Gasteiger partial charge in [-0.1, -0.05) is 19.4 Å². The molecular weight excluding hydrogens is 312 g/mol. The van der Waals surface area contributed by atoms with E-state index in [1.54, 1.807) is 6.92 Å². The molecule has 138 valence electrons. The van der Waals surface area contributed by atoms with Crippen LogP contribution in [0.3, 0.4) is 0 Å². The van der Waals surface area contributed by atoms with E-state index < -0.39 is 0 Å². The first kappa shape index (κ1) is 17.5. The maximum atomic E-state index is 12.4. The van der Waals surface area contributed by atoms with Crippen molar-refractivity contribution >= 4 is 11.6 Å². The van der Waals surface area contributed by atoms with Gasteiger partial charge in [0.15, 0.2) is 5.78 Å². The molecule has 0 aromatic heterocycles. The summed E-state index contributed by atoms with van der Waals surface area (Å²) in [6.45, 7) is 6.59. The number of Topliss-reactive ketones (excluding diaryl/α,β-unsaturated/α-hetero) is 1. The normalized spacial score (nSPS) is 49.0. The molecule has 0 aromatic rings. The average Bonchev–Trinajstić information content (AvgIpc) is 2.88. The third-order valence-electron chi connectivity index (χ3n) is 8.81. The summed E-state index contributed by atoms with van der Waals surface area (Å²) in [7, 11) is 0. The largest absolute Gasteiger partial charge is 0.396 e. The smallest absolute Gasteiger partial charge is 0.155 e. The van der Waals surface area contributed by atoms with Crippen molar-refractivity contribution in [2.24, 2.45) is 40.4 Å². The number of carbonyl (C=O) groups is 2. The molecule has 0 aromatic carbocycles. The molecule has 0 saturated heterocycles. The third-order valence-corrected chi connectivity index (χ3v) is 8.81. The predicted molar refractivity (Wildman–Crippen MR) is 96.8 cm³/mol. The molecule has 3 nitrogen and oxygen atoms in total. The lowest BCUT2D eigenvalue weighted by molar-refractivity contribution is -0.130. The second kappa shape index (κ2) is 5.77. The van der Waals surface area contributed by atoms with Gasteiger partial charge in [0.25, 0.3) is 0 Å². The van der Waals surface area contributed by atoms with E-state index in [0.717, 1.165) is 32.1 Å². The number of hydrogen-bond acceptors (Lipinski definition) is 3. The number of hydrogen-bond donors (Lipinski definition) is 1. The van der Waals surface area contributed by atoms with Crippen LogP contribution >= 0.6 is 0 Å². The zero-order valence-electron chi connectivity index (χ0n) is 15.9. The number of ketones is 2. The summed E-state index contributed by atoms with van der Waals surface area (Å²) in [5.74, 6) is 2.59. The van der Waals surface area contributed by atoms with Crippen LogP contribution in [0.4, 0.5) is 0 Å². The molecule has 1 unspecified atom stereocenters. The van der Waals surface area contributed by atoms with Crippen LogP contribution in [0.1, 0.15) is 65.7 Å². The van der Waals surface area contributed by atoms with Crippen molar-refractivity contribution in [1.82, 2.24) is 0 Å². The molecule has 0 amide bonds. The second-order valence-corrected chi connectivity index (χ2v) is 9.78. The highest BCUT2D eigenvalue weighted by Crippen LogP contribution is 2.67. The standard InChI is InChI=1S/C22H32O3/c1-13(24)20-14(12-23)10-19-17-5-4-15-11-16(25)6-8-21(15,2)18(17)7-9-22(19,20)3/h11,14,17-20,23H,4-10,12H2,1-3H3/t14?,17-,18+,19+,20+,21+,22+/m1/s1. The first-order chi connectivity index (χ1) is 11.8. The Hall–Kier alpha value is -0.960. The Bertz CT molecular complexity index is 635. The van der Waals surface area contributed by atoms with Crippen molar-refractivity contribution in [3.63, 3.8) is 0 Å². The van der Waals surface area contributed by atoms with Gasteiger partial charge in [-0.05, 0) is 86.0 Å². The topological polar surface area (TPSA) is 54.4 Å². The summed E-state index contributed by atoms with van der Waals surface area (Å²) in [5, 5.41) is 9.91. The van der Waals surface area contributed by atoms with E-state index >= 15 is 0 Å². The molecule has 0 radical (unpaired) electrons. The van der Waals surface area contributed by atoms with E-state index in [1.807, 2.05) is 6.08 Å². The third kappa shape index (κ3) is 2.34. The van der Waals surface area contributed by atoms with Crippen LogP contribution in [-0.2, 0) is 9.59 Å². The Labute approximate surface area is 151 Å². The molecule has 3 saturated carbocycles. The van der Waals surface area contributed by atoms with E-state index in [9.17, 15) is 14.7 Å². The molecule has 0 spiro atoms. The zero-order chi connectivity index (χ0) is 18.0. The summed E-state index contributed by atoms with van der Waals surface area (Å²) >= 11 is 0. The fraction of sp³-hybridized carbons (Fsp3) is 0.818. The highest BCUT2D eigenvalue weighted by molar-refractivity contribution is 5.91. The molecule has 4 aliphatic carbocycles. The summed E-state index contributed by atoms with van der Waals surface area (Å²) in [5.41, 5.74) is 1.64. The molecule has 1 N–H and O–H groups in total. The number of rotatable bonds is 2. The lowest BCUT2D eigenvalue weighted by atomic mass is 9.46. The Morgan fingerprint density at radius 1 is 1.20 bits per heavy atom. The van der Waals surface area contributed by atoms with Crippen LogP contribution < -0.4 is 0 Å². The summed E-state index contributed by atoms with van der Waals surface area (Å²) in [6, 6.07) is 0. The lowest BCUT2D eigenvalue weighted by Gasteiger charge is -2.58. The molecular formula is C22H32O3. The van der Waals surface area contributed by atoms with Gasteiger partial charge in [-0.25, -0.2) is 0 Å². The molecule has 25 heavy (non-hydrogen) atoms. The van der Waals surface area contributed by atoms with Gasteiger partial charge < -0.3 is 5.11 Å². The number of aliphatic hydroxyl groups is 1. The molecule has 4 rings (SSSR count). The van der Waals surface area contributed by atoms with Gasteiger partial charge in [-0.2, -0.15) is 0 Å². The van der Waals surface area contributed by atoms with Crippen LogP contribution in [0.15, 0.2) is 11.6 Å². The van der Waals surface area contributed by atoms with Gasteiger partial charge in [0.05, 0.1) is 0 Å². The number of aliphatic hydroxyl groups excluding tert-OH is 1. The number of carbonyl (C=O) groups excluding carboxylic acids is 2. The Morgan fingerprint density at radius 2 is 1.96 bits per heavy atom. The number of allylic oxidation sites excluding steroid dienone is 1. The highest BCUT2D eigenvalue weighted by atomic mass is 16.3. The summed E-state index contributed by atoms with van der Waals surface area (Å²) < 4.78 is 0. The van der Waals surface area contributed by atoms with Crippen molar-refractivity contribution in [3.05, 3.63) is 11.6 Å². The lowest BCUT2D eigenvalue weighted by Crippen LogP contribution is -2.51. The van der Waals surface area contributed by atoms with Crippen LogP contribution in [0, 0.1) is 40.4 Å². The molecule has 3 fully saturated rings. The fourth-order valence-electron chi connectivity index (χ4n) is 7.71. The van der Waals surface area contributed by atoms with E-state index in [-0.39, 0.29) is 35.1 Å². The van der Waals surface area contributed by atoms with Gasteiger partial charge in [0, 0.05) is 18.9 Å². The van der Waals surface area contributed by atoms with E-state index in [0.29, 0.717) is 30.0 Å². The summed E-state index contributed by atoms with van der Waals surface area (Å²) in [6.07, 6.45) is 9.12. The van der Waals surface area contributed by atoms with Gasteiger partial charge >= 0.3 is 0 Å². The van der Waals surface area contributed by atoms with E-state index in [4.69, 9.17) is 0 Å². The predicted octanol–water partition coefficient (Wildman–Crippen LogP) is 3.94. The van der Waals surface area contributed by atoms with Crippen molar-refractivity contribution in [2.45, 2.75) is 65.7 Å². The fourth-order valence-corrected chi connectivity index (χ4v) is 7.71. The first-order valence-electron chi connectivity index (χ1n) is 10.2. The van der Waals surface area contributed by atoms with Gasteiger partial charge in [-0.15, -0.1) is 0 Å². The SMILES string of the molecule is CC(=O)[C@H]1C(CO)C[C@H]2[C@@H]3CCC4=CC(=O)CC[C@]4(C)[C@H]3CC[C@]12C. The minimum Gasteiger partial charge on any atom is -0.396 e. The Kier molecular flexibility index (Phi) is 4.03. The maximum absolute atomic E-state index is 12.4. The molecule has 7 atom stereocenters. The molecule has 0 bridgehead atoms. The van der Waals surface area contributed by atoms with E-state index in [1.165, 1.54) is 12.0 Å². The van der Waals surface area contributed by atoms with Gasteiger partial charge in [0.2, 0.25) is 0 Å². The van der Waals surface area contributed by atoms with Crippen molar-refractivity contribution in [2.75, 3.05) is 6.61 Å². The summed E-state index contributed by atoms with van der Waals surface area (Å²) in [4.78, 5) is 24.3. The van der Waals surface area contributed by atoms with Crippen LogP contribution in [-0.4, -0.2) is 23.3 Å². The maximum Gasteiger partial charge on any atom is 0.155 e. The van der Waals surface area contributed by atoms with Crippen LogP contribution in [0.5, 0.6) is 0 Å². The monoisotopic (exact) mass is 344 g/mol. The quantitative estimate of drug-likeness (QED) is 0.825. The Balaban J connectivity index is 1.69. The Morgan fingerprint density at radius 3 is 2.64 bits per heavy atom. The minimum absolute atomic E-state index is 0.0288. The minimum atomic E-state index is 0.0288. The highest BCUT2D eigenvalue weighted by Gasteiger charge is 2.62. The van der Waals surface area contributed by atoms with Crippen molar-refractivity contribution in [3.8, 4) is 0 Å².